The molecule has 0 bridgehead atoms. The number of pyridine rings is 1. The molecule has 1 aromatic rings. The van der Waals surface area contributed by atoms with Crippen LogP contribution in [0.3, 0.4) is 0 Å². The lowest BCUT2D eigenvalue weighted by molar-refractivity contribution is 0.458. The van der Waals surface area contributed by atoms with Gasteiger partial charge in [0, 0.05) is 13.2 Å². The van der Waals surface area contributed by atoms with Crippen molar-refractivity contribution in [2.24, 2.45) is 0 Å². The van der Waals surface area contributed by atoms with Gasteiger partial charge in [0.2, 0.25) is 0 Å². The summed E-state index contributed by atoms with van der Waals surface area (Å²) in [4.78, 5) is 4.40. The number of nitrogens with one attached hydrogen (secondary N) is 2. The first kappa shape index (κ1) is 11.4. The Morgan fingerprint density at radius 2 is 2.19 bits per heavy atom. The van der Waals surface area contributed by atoms with Crippen LogP contribution in [-0.2, 0) is 6.42 Å². The molecule has 1 aliphatic rings. The van der Waals surface area contributed by atoms with Crippen LogP contribution in [0.15, 0.2) is 12.3 Å². The van der Waals surface area contributed by atoms with Crippen molar-refractivity contribution in [3.8, 4) is 0 Å². The summed E-state index contributed by atoms with van der Waals surface area (Å²) in [6.07, 6.45) is 5.49. The molecule has 0 aromatic carbocycles. The van der Waals surface area contributed by atoms with Gasteiger partial charge in [0.1, 0.15) is 5.82 Å². The van der Waals surface area contributed by atoms with E-state index in [1.165, 1.54) is 24.0 Å². The van der Waals surface area contributed by atoms with Crippen LogP contribution >= 0.6 is 0 Å². The molecular formula is C13H21N3. The van der Waals surface area contributed by atoms with E-state index in [-0.39, 0.29) is 0 Å². The van der Waals surface area contributed by atoms with Crippen molar-refractivity contribution in [3.63, 3.8) is 0 Å². The number of rotatable bonds is 3. The van der Waals surface area contributed by atoms with Gasteiger partial charge in [-0.25, -0.2) is 4.98 Å². The Morgan fingerprint density at radius 1 is 1.44 bits per heavy atom. The third kappa shape index (κ3) is 2.19. The van der Waals surface area contributed by atoms with Gasteiger partial charge in [-0.05, 0) is 55.5 Å². The minimum absolute atomic E-state index is 0.714. The molecule has 2 heterocycles. The second-order valence-electron chi connectivity index (χ2n) is 4.36. The second-order valence-corrected chi connectivity index (χ2v) is 4.36. The molecule has 1 fully saturated rings. The zero-order valence-corrected chi connectivity index (χ0v) is 10.2. The Morgan fingerprint density at radius 3 is 2.81 bits per heavy atom. The molecule has 0 atom stereocenters. The SMILES string of the molecule is CCc1c(C2CCNCC2)ccnc1NC. The van der Waals surface area contributed by atoms with E-state index in [9.17, 15) is 0 Å². The zero-order valence-electron chi connectivity index (χ0n) is 10.2. The van der Waals surface area contributed by atoms with Gasteiger partial charge in [-0.1, -0.05) is 6.92 Å². The molecule has 3 nitrogen and oxygen atoms in total. The topological polar surface area (TPSA) is 37.0 Å². The predicted octanol–water partition coefficient (Wildman–Crippen LogP) is 2.15. The van der Waals surface area contributed by atoms with Gasteiger partial charge >= 0.3 is 0 Å². The van der Waals surface area contributed by atoms with Crippen LogP contribution in [0.2, 0.25) is 0 Å². The van der Waals surface area contributed by atoms with E-state index in [1.807, 2.05) is 13.2 Å². The summed E-state index contributed by atoms with van der Waals surface area (Å²) in [7, 11) is 1.95. The van der Waals surface area contributed by atoms with Crippen molar-refractivity contribution < 1.29 is 0 Å². The Bertz CT molecular complexity index is 343. The fourth-order valence-electron chi connectivity index (χ4n) is 2.61. The summed E-state index contributed by atoms with van der Waals surface area (Å²) in [6.45, 7) is 4.50. The zero-order chi connectivity index (χ0) is 11.4. The van der Waals surface area contributed by atoms with Crippen LogP contribution in [0, 0.1) is 0 Å². The van der Waals surface area contributed by atoms with Crippen LogP contribution in [0.5, 0.6) is 0 Å². The molecule has 0 radical (unpaired) electrons. The van der Waals surface area contributed by atoms with Crippen molar-refractivity contribution in [2.75, 3.05) is 25.5 Å². The molecule has 3 heteroatoms. The van der Waals surface area contributed by atoms with Crippen LogP contribution in [0.1, 0.15) is 36.8 Å². The average Bonchev–Trinajstić information content (AvgIpc) is 2.38. The highest BCUT2D eigenvalue weighted by molar-refractivity contribution is 5.49. The van der Waals surface area contributed by atoms with E-state index in [2.05, 4.69) is 28.6 Å². The number of piperidine rings is 1. The van der Waals surface area contributed by atoms with E-state index in [1.54, 1.807) is 0 Å². The summed E-state index contributed by atoms with van der Waals surface area (Å²) < 4.78 is 0. The lowest BCUT2D eigenvalue weighted by atomic mass is 9.87. The molecule has 0 aliphatic carbocycles. The lowest BCUT2D eigenvalue weighted by Gasteiger charge is -2.25. The van der Waals surface area contributed by atoms with Gasteiger partial charge in [-0.15, -0.1) is 0 Å². The van der Waals surface area contributed by atoms with Gasteiger partial charge in [-0.2, -0.15) is 0 Å². The number of anilines is 1. The molecular weight excluding hydrogens is 198 g/mol. The van der Waals surface area contributed by atoms with Crippen molar-refractivity contribution in [1.29, 1.82) is 0 Å². The van der Waals surface area contributed by atoms with Crippen molar-refractivity contribution >= 4 is 5.82 Å². The summed E-state index contributed by atoms with van der Waals surface area (Å²) in [5.41, 5.74) is 2.90. The summed E-state index contributed by atoms with van der Waals surface area (Å²) >= 11 is 0. The lowest BCUT2D eigenvalue weighted by Crippen LogP contribution is -2.27. The second kappa shape index (κ2) is 5.30. The highest BCUT2D eigenvalue weighted by Gasteiger charge is 2.19. The van der Waals surface area contributed by atoms with Crippen LogP contribution in [-0.4, -0.2) is 25.1 Å². The van der Waals surface area contributed by atoms with E-state index in [0.29, 0.717) is 5.92 Å². The Balaban J connectivity index is 2.30. The molecule has 1 saturated heterocycles. The summed E-state index contributed by atoms with van der Waals surface area (Å²) in [6, 6.07) is 2.20. The predicted molar refractivity (Wildman–Crippen MR) is 68.0 cm³/mol. The quantitative estimate of drug-likeness (QED) is 0.818. The monoisotopic (exact) mass is 219 g/mol. The highest BCUT2D eigenvalue weighted by Crippen LogP contribution is 2.30. The van der Waals surface area contributed by atoms with Gasteiger partial charge in [0.25, 0.3) is 0 Å². The van der Waals surface area contributed by atoms with E-state index in [4.69, 9.17) is 0 Å². The van der Waals surface area contributed by atoms with Crippen LogP contribution in [0.25, 0.3) is 0 Å². The van der Waals surface area contributed by atoms with E-state index in [0.717, 1.165) is 25.3 Å². The smallest absolute Gasteiger partial charge is 0.129 e. The minimum Gasteiger partial charge on any atom is -0.373 e. The van der Waals surface area contributed by atoms with Crippen LogP contribution in [0.4, 0.5) is 5.82 Å². The molecule has 88 valence electrons. The van der Waals surface area contributed by atoms with Crippen molar-refractivity contribution in [1.82, 2.24) is 10.3 Å². The average molecular weight is 219 g/mol. The third-order valence-electron chi connectivity index (χ3n) is 3.46. The highest BCUT2D eigenvalue weighted by atomic mass is 15.0. The Labute approximate surface area is 97.7 Å². The maximum absolute atomic E-state index is 4.40. The van der Waals surface area contributed by atoms with Gasteiger partial charge in [0.15, 0.2) is 0 Å². The first-order valence-electron chi connectivity index (χ1n) is 6.23. The van der Waals surface area contributed by atoms with Gasteiger partial charge in [0.05, 0.1) is 0 Å². The first-order chi connectivity index (χ1) is 7.86. The molecule has 0 saturated carbocycles. The maximum atomic E-state index is 4.40. The molecule has 0 spiro atoms. The Kier molecular flexibility index (Phi) is 3.78. The largest absolute Gasteiger partial charge is 0.373 e. The number of nitrogens with zero attached hydrogens (tertiary/aromatic N) is 1. The fourth-order valence-corrected chi connectivity index (χ4v) is 2.61. The minimum atomic E-state index is 0.714. The maximum Gasteiger partial charge on any atom is 0.129 e. The van der Waals surface area contributed by atoms with Crippen molar-refractivity contribution in [2.45, 2.75) is 32.1 Å². The van der Waals surface area contributed by atoms with Gasteiger partial charge in [-0.3, -0.25) is 0 Å². The molecule has 16 heavy (non-hydrogen) atoms. The van der Waals surface area contributed by atoms with Gasteiger partial charge < -0.3 is 10.6 Å². The Hall–Kier alpha value is -1.09. The third-order valence-corrected chi connectivity index (χ3v) is 3.46. The number of aromatic nitrogens is 1. The van der Waals surface area contributed by atoms with E-state index < -0.39 is 0 Å². The standard InChI is InChI=1S/C13H21N3/c1-3-11-12(6-9-16-13(11)14-2)10-4-7-15-8-5-10/h6,9-10,15H,3-5,7-8H2,1-2H3,(H,14,16). The first-order valence-corrected chi connectivity index (χ1v) is 6.23. The molecule has 0 unspecified atom stereocenters. The molecule has 0 amide bonds. The van der Waals surface area contributed by atoms with Crippen molar-refractivity contribution in [3.05, 3.63) is 23.4 Å². The molecule has 2 N–H and O–H groups in total. The molecule has 1 aromatic heterocycles. The number of hydrogen-bond donors (Lipinski definition) is 2. The molecule has 1 aliphatic heterocycles. The summed E-state index contributed by atoms with van der Waals surface area (Å²) in [5, 5.41) is 6.62. The molecule has 2 rings (SSSR count). The normalized spacial score (nSPS) is 17.4. The number of hydrogen-bond acceptors (Lipinski definition) is 3. The summed E-state index contributed by atoms with van der Waals surface area (Å²) in [5.74, 6) is 1.77. The van der Waals surface area contributed by atoms with E-state index >= 15 is 0 Å². The fraction of sp³-hybridized carbons (Fsp3) is 0.615. The van der Waals surface area contributed by atoms with Crippen LogP contribution < -0.4 is 10.6 Å².